The molecule has 2 aromatic rings. The Balaban J connectivity index is 1.45. The summed E-state index contributed by atoms with van der Waals surface area (Å²) in [5.41, 5.74) is 1.53. The second kappa shape index (κ2) is 7.98. The van der Waals surface area contributed by atoms with Crippen molar-refractivity contribution in [3.05, 3.63) is 59.4 Å². The van der Waals surface area contributed by atoms with Gasteiger partial charge in [0.2, 0.25) is 5.91 Å². The van der Waals surface area contributed by atoms with Crippen LogP contribution in [0.2, 0.25) is 0 Å². The van der Waals surface area contributed by atoms with Gasteiger partial charge in [-0.15, -0.1) is 0 Å². The van der Waals surface area contributed by atoms with Gasteiger partial charge >= 0.3 is 6.18 Å². The predicted molar refractivity (Wildman–Crippen MR) is 114 cm³/mol. The Morgan fingerprint density at radius 1 is 1.06 bits per heavy atom. The van der Waals surface area contributed by atoms with E-state index in [2.05, 4.69) is 15.1 Å². The molecule has 2 unspecified atom stereocenters. The fraction of sp³-hybridized carbons (Fsp3) is 0.458. The summed E-state index contributed by atoms with van der Waals surface area (Å²) in [5.74, 6) is -0.342. The second-order valence-electron chi connectivity index (χ2n) is 9.02. The fourth-order valence-corrected chi connectivity index (χ4v) is 4.88. The van der Waals surface area contributed by atoms with E-state index in [1.165, 1.54) is 24.3 Å². The first kappa shape index (κ1) is 21.1. The molecule has 2 aromatic carbocycles. The molecule has 3 aliphatic rings. The average Bonchev–Trinajstić information content (AvgIpc) is 3.60. The number of hydrogen-bond acceptors (Lipinski definition) is 3. The molecule has 1 amide bonds. The van der Waals surface area contributed by atoms with Gasteiger partial charge in [0.15, 0.2) is 0 Å². The number of amides is 1. The lowest BCUT2D eigenvalue weighted by Gasteiger charge is -2.49. The van der Waals surface area contributed by atoms with Crippen molar-refractivity contribution in [3.8, 4) is 0 Å². The van der Waals surface area contributed by atoms with E-state index >= 15 is 0 Å². The molecule has 0 radical (unpaired) electrons. The lowest BCUT2D eigenvalue weighted by molar-refractivity contribution is -0.137. The molecule has 4 nitrogen and oxygen atoms in total. The normalized spacial score (nSPS) is 22.9. The van der Waals surface area contributed by atoms with E-state index in [9.17, 15) is 22.4 Å². The van der Waals surface area contributed by atoms with Crippen molar-refractivity contribution in [2.45, 2.75) is 31.5 Å². The van der Waals surface area contributed by atoms with Crippen LogP contribution in [-0.4, -0.2) is 38.1 Å². The van der Waals surface area contributed by atoms with Crippen molar-refractivity contribution in [2.75, 3.05) is 36.0 Å². The fourth-order valence-electron chi connectivity index (χ4n) is 4.88. The quantitative estimate of drug-likeness (QED) is 0.713. The van der Waals surface area contributed by atoms with Crippen LogP contribution in [0.15, 0.2) is 42.5 Å². The predicted octanol–water partition coefficient (Wildman–Crippen LogP) is 4.24. The summed E-state index contributed by atoms with van der Waals surface area (Å²) >= 11 is 0. The maximum Gasteiger partial charge on any atom is 0.416 e. The Labute approximate surface area is 184 Å². The molecule has 2 heterocycles. The number of alkyl halides is 3. The highest BCUT2D eigenvalue weighted by atomic mass is 19.4. The molecule has 32 heavy (non-hydrogen) atoms. The number of fused-ring (bicyclic) bond motifs is 3. The van der Waals surface area contributed by atoms with Crippen LogP contribution in [0.4, 0.5) is 28.9 Å². The van der Waals surface area contributed by atoms with Gasteiger partial charge in [-0.1, -0.05) is 0 Å². The highest BCUT2D eigenvalue weighted by molar-refractivity contribution is 5.82. The molecule has 5 rings (SSSR count). The summed E-state index contributed by atoms with van der Waals surface area (Å²) in [7, 11) is 0. The molecule has 170 valence electrons. The Bertz CT molecular complexity index is 1000. The third-order valence-electron chi connectivity index (χ3n) is 6.83. The molecule has 1 N–H and O–H groups in total. The van der Waals surface area contributed by atoms with E-state index in [0.717, 1.165) is 30.3 Å². The van der Waals surface area contributed by atoms with Gasteiger partial charge in [0.05, 0.1) is 17.5 Å². The molecule has 1 saturated heterocycles. The summed E-state index contributed by atoms with van der Waals surface area (Å²) in [5, 5.41) is 3.03. The molecule has 1 aliphatic carbocycles. The van der Waals surface area contributed by atoms with E-state index in [4.69, 9.17) is 0 Å². The molecule has 2 atom stereocenters. The van der Waals surface area contributed by atoms with E-state index in [-0.39, 0.29) is 24.2 Å². The summed E-state index contributed by atoms with van der Waals surface area (Å²) in [6.07, 6.45) is -1.93. The van der Waals surface area contributed by atoms with Gasteiger partial charge in [-0.3, -0.25) is 4.79 Å². The van der Waals surface area contributed by atoms with E-state index in [1.807, 2.05) is 0 Å². The van der Waals surface area contributed by atoms with Crippen molar-refractivity contribution in [1.29, 1.82) is 0 Å². The third-order valence-corrected chi connectivity index (χ3v) is 6.83. The van der Waals surface area contributed by atoms with Crippen LogP contribution >= 0.6 is 0 Å². The Morgan fingerprint density at radius 2 is 1.81 bits per heavy atom. The maximum absolute atomic E-state index is 13.4. The van der Waals surface area contributed by atoms with Crippen LogP contribution in [0.3, 0.4) is 0 Å². The van der Waals surface area contributed by atoms with Gasteiger partial charge in [-0.25, -0.2) is 4.39 Å². The molecule has 1 saturated carbocycles. The zero-order chi connectivity index (χ0) is 22.5. The van der Waals surface area contributed by atoms with Crippen molar-refractivity contribution in [3.63, 3.8) is 0 Å². The van der Waals surface area contributed by atoms with Gasteiger partial charge in [0.1, 0.15) is 5.82 Å². The Morgan fingerprint density at radius 3 is 2.50 bits per heavy atom. The zero-order valence-electron chi connectivity index (χ0n) is 17.5. The van der Waals surface area contributed by atoms with Gasteiger partial charge in [-0.05, 0) is 73.2 Å². The number of hydrogen-bond donors (Lipinski definition) is 1. The van der Waals surface area contributed by atoms with Crippen molar-refractivity contribution >= 4 is 17.3 Å². The molecular formula is C24H25F4N3O. The summed E-state index contributed by atoms with van der Waals surface area (Å²) < 4.78 is 53.3. The lowest BCUT2D eigenvalue weighted by atomic mass is 9.82. The highest BCUT2D eigenvalue weighted by Crippen LogP contribution is 2.40. The molecule has 0 aromatic heterocycles. The summed E-state index contributed by atoms with van der Waals surface area (Å²) in [4.78, 5) is 17.3. The number of piperazine rings is 1. The van der Waals surface area contributed by atoms with E-state index in [0.29, 0.717) is 37.7 Å². The van der Waals surface area contributed by atoms with Crippen LogP contribution in [0, 0.1) is 17.7 Å². The number of benzene rings is 2. The minimum Gasteiger partial charge on any atom is -0.368 e. The smallest absolute Gasteiger partial charge is 0.368 e. The summed E-state index contributed by atoms with van der Waals surface area (Å²) in [6.45, 7) is 2.39. The van der Waals surface area contributed by atoms with Crippen LogP contribution < -0.4 is 15.1 Å². The molecule has 8 heteroatoms. The minimum atomic E-state index is -4.42. The number of nitrogens with one attached hydrogen (secondary N) is 1. The number of nitrogens with zero attached hydrogens (tertiary/aromatic N) is 2. The number of carbonyl (C=O) groups excluding carboxylic acids is 1. The van der Waals surface area contributed by atoms with Crippen LogP contribution in [0.25, 0.3) is 0 Å². The standard InChI is InChI=1S/C24H25F4N3O/c25-18-4-6-19(7-5-18)30-9-10-31-21-8-3-17(24(26,27)28)11-16(21)12-20(22(31)14-30)23(32)29-13-15-1-2-15/h3-8,11,15,20,22H,1-2,9-10,12-14H2,(H,29,32). The summed E-state index contributed by atoms with van der Waals surface area (Å²) in [6, 6.07) is 9.95. The van der Waals surface area contributed by atoms with Crippen LogP contribution in [0.1, 0.15) is 24.0 Å². The van der Waals surface area contributed by atoms with Crippen molar-refractivity contribution in [1.82, 2.24) is 5.32 Å². The molecular weight excluding hydrogens is 422 g/mol. The van der Waals surface area contributed by atoms with Gasteiger partial charge in [-0.2, -0.15) is 13.2 Å². The molecule has 2 fully saturated rings. The SMILES string of the molecule is O=C(NCC1CC1)C1Cc2cc(C(F)(F)F)ccc2N2CCN(c3ccc(F)cc3)CC12. The maximum atomic E-state index is 13.4. The van der Waals surface area contributed by atoms with Gasteiger partial charge in [0.25, 0.3) is 0 Å². The number of rotatable bonds is 4. The second-order valence-corrected chi connectivity index (χ2v) is 9.02. The molecule has 0 bridgehead atoms. The first-order valence-corrected chi connectivity index (χ1v) is 11.0. The third kappa shape index (κ3) is 4.14. The lowest BCUT2D eigenvalue weighted by Crippen LogP contribution is -2.61. The number of halogens is 4. The van der Waals surface area contributed by atoms with Gasteiger partial charge in [0, 0.05) is 37.6 Å². The monoisotopic (exact) mass is 447 g/mol. The van der Waals surface area contributed by atoms with Crippen LogP contribution in [0.5, 0.6) is 0 Å². The van der Waals surface area contributed by atoms with Crippen molar-refractivity contribution < 1.29 is 22.4 Å². The zero-order valence-corrected chi connectivity index (χ0v) is 17.5. The highest BCUT2D eigenvalue weighted by Gasteiger charge is 2.43. The van der Waals surface area contributed by atoms with Crippen molar-refractivity contribution in [2.24, 2.45) is 11.8 Å². The average molecular weight is 447 g/mol. The Kier molecular flexibility index (Phi) is 5.26. The Hall–Kier alpha value is -2.77. The van der Waals surface area contributed by atoms with E-state index < -0.39 is 17.7 Å². The molecule has 2 aliphatic heterocycles. The molecule has 0 spiro atoms. The number of carbonyl (C=O) groups is 1. The number of anilines is 2. The van der Waals surface area contributed by atoms with E-state index in [1.54, 1.807) is 12.1 Å². The first-order chi connectivity index (χ1) is 15.3. The minimum absolute atomic E-state index is 0.101. The van der Waals surface area contributed by atoms with Gasteiger partial charge < -0.3 is 15.1 Å². The largest absolute Gasteiger partial charge is 0.416 e. The van der Waals surface area contributed by atoms with Crippen LogP contribution in [-0.2, 0) is 17.4 Å². The topological polar surface area (TPSA) is 35.6 Å². The first-order valence-electron chi connectivity index (χ1n) is 11.0.